The van der Waals surface area contributed by atoms with Crippen molar-refractivity contribution in [3.8, 4) is 11.5 Å². The van der Waals surface area contributed by atoms with Gasteiger partial charge >= 0.3 is 0 Å². The molecule has 0 atom stereocenters. The van der Waals surface area contributed by atoms with Crippen molar-refractivity contribution in [2.75, 3.05) is 24.1 Å². The normalized spacial score (nSPS) is 10.9. The minimum absolute atomic E-state index is 0.0111. The van der Waals surface area contributed by atoms with E-state index in [1.54, 1.807) is 18.2 Å². The van der Waals surface area contributed by atoms with Crippen LogP contribution in [0.2, 0.25) is 10.0 Å². The van der Waals surface area contributed by atoms with Gasteiger partial charge in [-0.1, -0.05) is 42.2 Å². The molecule has 3 N–H and O–H groups in total. The van der Waals surface area contributed by atoms with Gasteiger partial charge in [-0.25, -0.2) is 0 Å². The molecule has 0 unspecified atom stereocenters. The Balaban J connectivity index is 2.19. The Bertz CT molecular complexity index is 834. The van der Waals surface area contributed by atoms with Gasteiger partial charge < -0.3 is 15.8 Å². The predicted octanol–water partition coefficient (Wildman–Crippen LogP) is 6.37. The van der Waals surface area contributed by atoms with Crippen molar-refractivity contribution >= 4 is 34.7 Å². The number of nitroso groups, excluding NO2 is 1. The van der Waals surface area contributed by atoms with E-state index in [1.807, 2.05) is 13.8 Å². The van der Waals surface area contributed by atoms with Gasteiger partial charge in [0.15, 0.2) is 11.6 Å². The number of unbranched alkanes of at least 4 members (excludes halogenated alkanes) is 2. The standard InChI is InChI=1S/C19H23Cl2FN4O2/c1-11(2)13-10-12(6-7-14(13)23)28-17-15(20)18(22)26-19(16(17)21)24-8-4-3-5-9-25-27/h6-7,10-11H,3-5,8-9,23H2,1-2H3,(H,24,26). The fourth-order valence-corrected chi connectivity index (χ4v) is 3.09. The summed E-state index contributed by atoms with van der Waals surface area (Å²) in [6.45, 7) is 4.81. The Morgan fingerprint density at radius 2 is 2.00 bits per heavy atom. The molecular weight excluding hydrogens is 406 g/mol. The number of halogens is 3. The number of aromatic nitrogens is 1. The maximum Gasteiger partial charge on any atom is 0.237 e. The van der Waals surface area contributed by atoms with E-state index in [1.165, 1.54) is 0 Å². The number of nitrogens with zero attached hydrogens (tertiary/aromatic N) is 2. The van der Waals surface area contributed by atoms with Crippen LogP contribution in [0.1, 0.15) is 44.6 Å². The van der Waals surface area contributed by atoms with Crippen LogP contribution in [0.15, 0.2) is 23.4 Å². The van der Waals surface area contributed by atoms with Crippen molar-refractivity contribution in [1.82, 2.24) is 4.98 Å². The second kappa shape index (κ2) is 10.4. The molecule has 0 spiro atoms. The molecule has 0 aliphatic carbocycles. The van der Waals surface area contributed by atoms with Crippen molar-refractivity contribution in [3.05, 3.63) is 44.7 Å². The summed E-state index contributed by atoms with van der Waals surface area (Å²) in [6.07, 6.45) is 2.26. The van der Waals surface area contributed by atoms with Gasteiger partial charge in [0.05, 0.1) is 6.54 Å². The number of hydrogen-bond acceptors (Lipinski definition) is 6. The van der Waals surface area contributed by atoms with Gasteiger partial charge in [0, 0.05) is 12.2 Å². The quantitative estimate of drug-likeness (QED) is 0.198. The fraction of sp³-hybridized carbons (Fsp3) is 0.421. The number of hydrogen-bond donors (Lipinski definition) is 2. The molecule has 0 aliphatic rings. The molecule has 0 saturated heterocycles. The van der Waals surface area contributed by atoms with Gasteiger partial charge in [-0.2, -0.15) is 14.3 Å². The lowest BCUT2D eigenvalue weighted by molar-refractivity contribution is 0.472. The maximum atomic E-state index is 14.2. The molecule has 2 rings (SSSR count). The summed E-state index contributed by atoms with van der Waals surface area (Å²) in [5.74, 6) is -0.113. The summed E-state index contributed by atoms with van der Waals surface area (Å²) in [7, 11) is 0. The maximum absolute atomic E-state index is 14.2. The molecule has 1 aromatic heterocycles. The Hall–Kier alpha value is -2.12. The van der Waals surface area contributed by atoms with E-state index in [-0.39, 0.29) is 34.1 Å². The zero-order valence-electron chi connectivity index (χ0n) is 15.8. The number of benzene rings is 1. The van der Waals surface area contributed by atoms with Crippen LogP contribution in [-0.4, -0.2) is 18.1 Å². The van der Waals surface area contributed by atoms with Gasteiger partial charge in [-0.15, -0.1) is 0 Å². The van der Waals surface area contributed by atoms with Crippen LogP contribution in [0.25, 0.3) is 0 Å². The predicted molar refractivity (Wildman–Crippen MR) is 112 cm³/mol. The minimum Gasteiger partial charge on any atom is -0.454 e. The lowest BCUT2D eigenvalue weighted by Gasteiger charge is -2.16. The van der Waals surface area contributed by atoms with Crippen LogP contribution >= 0.6 is 23.2 Å². The first-order valence-corrected chi connectivity index (χ1v) is 9.75. The summed E-state index contributed by atoms with van der Waals surface area (Å²) in [6, 6.07) is 5.16. The van der Waals surface area contributed by atoms with Crippen molar-refractivity contribution < 1.29 is 9.13 Å². The average Bonchev–Trinajstić information content (AvgIpc) is 2.66. The minimum atomic E-state index is -0.881. The number of anilines is 2. The molecule has 152 valence electrons. The van der Waals surface area contributed by atoms with E-state index in [0.29, 0.717) is 24.4 Å². The highest BCUT2D eigenvalue weighted by Gasteiger charge is 2.20. The van der Waals surface area contributed by atoms with Crippen LogP contribution in [0.5, 0.6) is 11.5 Å². The van der Waals surface area contributed by atoms with Crippen LogP contribution in [0, 0.1) is 10.9 Å². The Kier molecular flexibility index (Phi) is 8.26. The molecular formula is C19H23Cl2FN4O2. The molecule has 1 aromatic carbocycles. The first kappa shape index (κ1) is 22.2. The highest BCUT2D eigenvalue weighted by molar-refractivity contribution is 6.38. The second-order valence-corrected chi connectivity index (χ2v) is 7.35. The van der Waals surface area contributed by atoms with Gasteiger partial charge in [0.1, 0.15) is 15.8 Å². The first-order chi connectivity index (χ1) is 13.3. The highest BCUT2D eigenvalue weighted by atomic mass is 35.5. The highest BCUT2D eigenvalue weighted by Crippen LogP contribution is 2.41. The lowest BCUT2D eigenvalue weighted by Crippen LogP contribution is -2.06. The van der Waals surface area contributed by atoms with Gasteiger partial charge in [-0.05, 0) is 48.9 Å². The molecule has 0 radical (unpaired) electrons. The SMILES string of the molecule is CC(C)c1cc(Oc2c(Cl)c(F)nc(NCCCCCN=O)c2Cl)ccc1N. The van der Waals surface area contributed by atoms with Crippen LogP contribution in [0.3, 0.4) is 0 Å². The van der Waals surface area contributed by atoms with E-state index in [2.05, 4.69) is 15.5 Å². The topological polar surface area (TPSA) is 89.6 Å². The number of ether oxygens (including phenoxy) is 1. The summed E-state index contributed by atoms with van der Waals surface area (Å²) < 4.78 is 20.0. The molecule has 0 aliphatic heterocycles. The first-order valence-electron chi connectivity index (χ1n) is 8.99. The van der Waals surface area contributed by atoms with E-state index in [4.69, 9.17) is 33.7 Å². The third-order valence-corrected chi connectivity index (χ3v) is 4.79. The molecule has 6 nitrogen and oxygen atoms in total. The van der Waals surface area contributed by atoms with Gasteiger partial charge in [0.2, 0.25) is 5.95 Å². The average molecular weight is 429 g/mol. The number of nitrogens with one attached hydrogen (secondary N) is 1. The van der Waals surface area contributed by atoms with Crippen molar-refractivity contribution in [3.63, 3.8) is 0 Å². The van der Waals surface area contributed by atoms with E-state index in [0.717, 1.165) is 18.4 Å². The molecule has 28 heavy (non-hydrogen) atoms. The Morgan fingerprint density at radius 3 is 2.68 bits per heavy atom. The molecule has 0 fully saturated rings. The smallest absolute Gasteiger partial charge is 0.237 e. The number of nitrogen functional groups attached to an aromatic ring is 1. The molecule has 0 bridgehead atoms. The monoisotopic (exact) mass is 428 g/mol. The zero-order valence-corrected chi connectivity index (χ0v) is 17.3. The molecule has 2 aromatic rings. The van der Waals surface area contributed by atoms with Crippen LogP contribution < -0.4 is 15.8 Å². The second-order valence-electron chi connectivity index (χ2n) is 6.60. The summed E-state index contributed by atoms with van der Waals surface area (Å²) in [5.41, 5.74) is 7.53. The molecule has 1 heterocycles. The summed E-state index contributed by atoms with van der Waals surface area (Å²) >= 11 is 12.4. The molecule has 0 saturated carbocycles. The van der Waals surface area contributed by atoms with Crippen LogP contribution in [-0.2, 0) is 0 Å². The lowest BCUT2D eigenvalue weighted by atomic mass is 10.0. The van der Waals surface area contributed by atoms with Crippen molar-refractivity contribution in [2.24, 2.45) is 5.18 Å². The van der Waals surface area contributed by atoms with Gasteiger partial charge in [0.25, 0.3) is 0 Å². The molecule has 0 amide bonds. The fourth-order valence-electron chi connectivity index (χ4n) is 2.62. The number of nitrogens with two attached hydrogens (primary N) is 1. The third-order valence-electron chi connectivity index (χ3n) is 4.12. The summed E-state index contributed by atoms with van der Waals surface area (Å²) in [5, 5.41) is 5.57. The number of rotatable bonds is 10. The Morgan fingerprint density at radius 1 is 1.25 bits per heavy atom. The summed E-state index contributed by atoms with van der Waals surface area (Å²) in [4.78, 5) is 13.8. The molecule has 9 heteroatoms. The third kappa shape index (κ3) is 5.69. The van der Waals surface area contributed by atoms with Crippen molar-refractivity contribution in [2.45, 2.75) is 39.0 Å². The zero-order chi connectivity index (χ0) is 20.7. The van der Waals surface area contributed by atoms with Crippen LogP contribution in [0.4, 0.5) is 15.9 Å². The van der Waals surface area contributed by atoms with E-state index >= 15 is 0 Å². The van der Waals surface area contributed by atoms with E-state index < -0.39 is 5.95 Å². The number of pyridine rings is 1. The van der Waals surface area contributed by atoms with Crippen molar-refractivity contribution in [1.29, 1.82) is 0 Å². The largest absolute Gasteiger partial charge is 0.454 e. The Labute approximate surface area is 173 Å². The van der Waals surface area contributed by atoms with Gasteiger partial charge in [-0.3, -0.25) is 0 Å². The van der Waals surface area contributed by atoms with E-state index in [9.17, 15) is 9.30 Å².